The number of ether oxygens (including phenoxy) is 1. The minimum Gasteiger partial charge on any atom is -0.492 e. The average Bonchev–Trinajstić information content (AvgIpc) is 2.49. The largest absolute Gasteiger partial charge is 0.492 e. The summed E-state index contributed by atoms with van der Waals surface area (Å²) >= 11 is 0. The summed E-state index contributed by atoms with van der Waals surface area (Å²) in [4.78, 5) is 2.44. The summed E-state index contributed by atoms with van der Waals surface area (Å²) in [5, 5.41) is 12.0. The third-order valence-electron chi connectivity index (χ3n) is 3.66. The van der Waals surface area contributed by atoms with Crippen LogP contribution in [0.2, 0.25) is 0 Å². The second-order valence-electron chi connectivity index (χ2n) is 4.89. The number of hydrogen-bond donors (Lipinski definition) is 1. The summed E-state index contributed by atoms with van der Waals surface area (Å²) in [6.45, 7) is 3.96. The van der Waals surface area contributed by atoms with Gasteiger partial charge in [-0.25, -0.2) is 0 Å². The molecule has 1 heterocycles. The lowest BCUT2D eigenvalue weighted by Crippen LogP contribution is -2.42. The quantitative estimate of drug-likeness (QED) is 0.873. The molecule has 0 atom stereocenters. The fourth-order valence-electron chi connectivity index (χ4n) is 2.36. The van der Waals surface area contributed by atoms with Gasteiger partial charge in [0.25, 0.3) is 0 Å². The number of benzene rings is 1. The summed E-state index contributed by atoms with van der Waals surface area (Å²) in [5.74, 6) is 0.837. The number of nitrogens with zero attached hydrogens (tertiary/aromatic N) is 2. The van der Waals surface area contributed by atoms with Gasteiger partial charge in [-0.15, -0.1) is 0 Å². The van der Waals surface area contributed by atoms with Gasteiger partial charge < -0.3 is 10.1 Å². The van der Waals surface area contributed by atoms with E-state index in [-0.39, 0.29) is 0 Å². The molecular weight excluding hydrogens is 238 g/mol. The van der Waals surface area contributed by atoms with Crippen LogP contribution in [0.1, 0.15) is 18.4 Å². The molecule has 102 valence electrons. The molecule has 1 aromatic rings. The van der Waals surface area contributed by atoms with Crippen molar-refractivity contribution >= 4 is 0 Å². The minimum absolute atomic E-state index is 0.668. The third kappa shape index (κ3) is 4.23. The van der Waals surface area contributed by atoms with Crippen LogP contribution in [0.15, 0.2) is 24.3 Å². The molecule has 4 heteroatoms. The van der Waals surface area contributed by atoms with E-state index >= 15 is 0 Å². The molecule has 0 radical (unpaired) electrons. The van der Waals surface area contributed by atoms with E-state index in [1.165, 1.54) is 12.8 Å². The molecule has 2 rings (SSSR count). The highest BCUT2D eigenvalue weighted by Crippen LogP contribution is 2.12. The number of nitrogens with one attached hydrogen (secondary N) is 1. The Bertz CT molecular complexity index is 416. The van der Waals surface area contributed by atoms with Crippen LogP contribution in [0.25, 0.3) is 0 Å². The molecular formula is C15H21N3O. The summed E-state index contributed by atoms with van der Waals surface area (Å²) in [7, 11) is 2.04. The van der Waals surface area contributed by atoms with Gasteiger partial charge in [-0.05, 0) is 57.2 Å². The van der Waals surface area contributed by atoms with Crippen LogP contribution in [-0.2, 0) is 0 Å². The maximum atomic E-state index is 8.71. The maximum absolute atomic E-state index is 8.71. The van der Waals surface area contributed by atoms with Crippen molar-refractivity contribution in [1.29, 1.82) is 5.26 Å². The van der Waals surface area contributed by atoms with E-state index in [9.17, 15) is 0 Å². The maximum Gasteiger partial charge on any atom is 0.119 e. The van der Waals surface area contributed by atoms with E-state index in [4.69, 9.17) is 10.00 Å². The zero-order valence-corrected chi connectivity index (χ0v) is 11.4. The summed E-state index contributed by atoms with van der Waals surface area (Å²) in [5.41, 5.74) is 0.668. The zero-order chi connectivity index (χ0) is 13.5. The van der Waals surface area contributed by atoms with Crippen LogP contribution in [0, 0.1) is 11.3 Å². The Labute approximate surface area is 115 Å². The first kappa shape index (κ1) is 13.9. The fourth-order valence-corrected chi connectivity index (χ4v) is 2.36. The number of nitriles is 1. The van der Waals surface area contributed by atoms with Crippen molar-refractivity contribution in [3.8, 4) is 11.8 Å². The Kier molecular flexibility index (Phi) is 5.20. The lowest BCUT2D eigenvalue weighted by Gasteiger charge is -2.31. The molecule has 19 heavy (non-hydrogen) atoms. The van der Waals surface area contributed by atoms with Crippen molar-refractivity contribution in [2.24, 2.45) is 0 Å². The molecule has 0 saturated carbocycles. The number of rotatable bonds is 5. The van der Waals surface area contributed by atoms with Crippen molar-refractivity contribution in [3.63, 3.8) is 0 Å². The topological polar surface area (TPSA) is 48.3 Å². The van der Waals surface area contributed by atoms with Crippen molar-refractivity contribution < 1.29 is 4.74 Å². The Morgan fingerprint density at radius 2 is 2.00 bits per heavy atom. The first-order chi connectivity index (χ1) is 9.31. The van der Waals surface area contributed by atoms with Crippen LogP contribution in [0.4, 0.5) is 0 Å². The van der Waals surface area contributed by atoms with Gasteiger partial charge >= 0.3 is 0 Å². The van der Waals surface area contributed by atoms with Crippen LogP contribution >= 0.6 is 0 Å². The van der Waals surface area contributed by atoms with Crippen molar-refractivity contribution in [1.82, 2.24) is 10.2 Å². The predicted octanol–water partition coefficient (Wildman–Crippen LogP) is 1.62. The van der Waals surface area contributed by atoms with Gasteiger partial charge in [0.1, 0.15) is 12.4 Å². The third-order valence-corrected chi connectivity index (χ3v) is 3.66. The van der Waals surface area contributed by atoms with Crippen LogP contribution in [0.3, 0.4) is 0 Å². The van der Waals surface area contributed by atoms with Gasteiger partial charge in [0.15, 0.2) is 0 Å². The Morgan fingerprint density at radius 3 is 2.58 bits per heavy atom. The van der Waals surface area contributed by atoms with E-state index in [0.717, 1.165) is 25.4 Å². The highest BCUT2D eigenvalue weighted by atomic mass is 16.5. The lowest BCUT2D eigenvalue weighted by molar-refractivity contribution is 0.167. The van der Waals surface area contributed by atoms with E-state index in [1.54, 1.807) is 12.1 Å². The molecule has 0 aliphatic carbocycles. The second-order valence-corrected chi connectivity index (χ2v) is 4.89. The number of piperidine rings is 1. The molecule has 0 bridgehead atoms. The van der Waals surface area contributed by atoms with Crippen LogP contribution in [0.5, 0.6) is 5.75 Å². The Morgan fingerprint density at radius 1 is 1.32 bits per heavy atom. The van der Waals surface area contributed by atoms with E-state index < -0.39 is 0 Å². The number of hydrogen-bond acceptors (Lipinski definition) is 4. The van der Waals surface area contributed by atoms with Crippen molar-refractivity contribution in [2.45, 2.75) is 18.9 Å². The summed E-state index contributed by atoms with van der Waals surface area (Å²) < 4.78 is 5.69. The SMILES string of the molecule is CNC1CCN(CCOc2ccc(C#N)cc2)CC1. The molecule has 1 fully saturated rings. The highest BCUT2D eigenvalue weighted by Gasteiger charge is 2.16. The molecule has 0 unspecified atom stereocenters. The van der Waals surface area contributed by atoms with E-state index in [2.05, 4.69) is 16.3 Å². The first-order valence-electron chi connectivity index (χ1n) is 6.84. The van der Waals surface area contributed by atoms with Gasteiger partial charge in [0.2, 0.25) is 0 Å². The first-order valence-corrected chi connectivity index (χ1v) is 6.84. The number of likely N-dealkylation sites (tertiary alicyclic amines) is 1. The van der Waals surface area contributed by atoms with Gasteiger partial charge in [-0.1, -0.05) is 0 Å². The van der Waals surface area contributed by atoms with Gasteiger partial charge in [-0.2, -0.15) is 5.26 Å². The van der Waals surface area contributed by atoms with Crippen LogP contribution < -0.4 is 10.1 Å². The molecule has 1 aliphatic rings. The van der Waals surface area contributed by atoms with Crippen molar-refractivity contribution in [3.05, 3.63) is 29.8 Å². The molecule has 0 amide bonds. The molecule has 0 aromatic heterocycles. The Hall–Kier alpha value is -1.57. The smallest absolute Gasteiger partial charge is 0.119 e. The molecule has 1 saturated heterocycles. The Balaban J connectivity index is 1.68. The van der Waals surface area contributed by atoms with Crippen molar-refractivity contribution in [2.75, 3.05) is 33.3 Å². The normalized spacial score (nSPS) is 17.1. The lowest BCUT2D eigenvalue weighted by atomic mass is 10.1. The summed E-state index contributed by atoms with van der Waals surface area (Å²) in [6, 6.07) is 10.1. The highest BCUT2D eigenvalue weighted by molar-refractivity contribution is 5.34. The summed E-state index contributed by atoms with van der Waals surface area (Å²) in [6.07, 6.45) is 2.43. The van der Waals surface area contributed by atoms with Gasteiger partial charge in [0, 0.05) is 12.6 Å². The monoisotopic (exact) mass is 259 g/mol. The molecule has 1 aromatic carbocycles. The standard InChI is InChI=1S/C15H21N3O/c1-17-14-6-8-18(9-7-14)10-11-19-15-4-2-13(12-16)3-5-15/h2-5,14,17H,6-11H2,1H3. The van der Waals surface area contributed by atoms with Gasteiger partial charge in [-0.3, -0.25) is 4.90 Å². The molecule has 0 spiro atoms. The average molecular weight is 259 g/mol. The minimum atomic E-state index is 0.668. The predicted molar refractivity (Wildman–Crippen MR) is 75.2 cm³/mol. The molecule has 1 N–H and O–H groups in total. The molecule has 4 nitrogen and oxygen atoms in total. The molecule has 1 aliphatic heterocycles. The van der Waals surface area contributed by atoms with Crippen LogP contribution in [-0.4, -0.2) is 44.2 Å². The zero-order valence-electron chi connectivity index (χ0n) is 11.4. The fraction of sp³-hybridized carbons (Fsp3) is 0.533. The second kappa shape index (κ2) is 7.13. The van der Waals surface area contributed by atoms with E-state index in [1.807, 2.05) is 19.2 Å². The van der Waals surface area contributed by atoms with E-state index in [0.29, 0.717) is 18.2 Å². The van der Waals surface area contributed by atoms with Gasteiger partial charge in [0.05, 0.1) is 11.6 Å².